The summed E-state index contributed by atoms with van der Waals surface area (Å²) < 4.78 is 5.67. The van der Waals surface area contributed by atoms with Gasteiger partial charge in [0.1, 0.15) is 0 Å². The van der Waals surface area contributed by atoms with Gasteiger partial charge in [-0.2, -0.15) is 0 Å². The number of morpholine rings is 1. The zero-order chi connectivity index (χ0) is 8.55. The van der Waals surface area contributed by atoms with Gasteiger partial charge in [-0.1, -0.05) is 0 Å². The summed E-state index contributed by atoms with van der Waals surface area (Å²) in [4.78, 5) is 2.55. The second-order valence-corrected chi connectivity index (χ2v) is 4.02. The molecule has 0 bridgehead atoms. The predicted octanol–water partition coefficient (Wildman–Crippen LogP) is 0.0674. The highest BCUT2D eigenvalue weighted by molar-refractivity contribution is 4.88. The molecule has 70 valence electrons. The third-order valence-corrected chi connectivity index (χ3v) is 2.72. The number of hydrogen-bond acceptors (Lipinski definition) is 3. The highest BCUT2D eigenvalue weighted by atomic mass is 16.5. The van der Waals surface area contributed by atoms with Gasteiger partial charge in [0.2, 0.25) is 0 Å². The van der Waals surface area contributed by atoms with Crippen molar-refractivity contribution in [2.45, 2.75) is 32.1 Å². The Morgan fingerprint density at radius 1 is 1.17 bits per heavy atom. The van der Waals surface area contributed by atoms with Crippen LogP contribution in [0.25, 0.3) is 0 Å². The third-order valence-electron chi connectivity index (χ3n) is 2.72. The lowest BCUT2D eigenvalue weighted by Gasteiger charge is -2.44. The fourth-order valence-electron chi connectivity index (χ4n) is 2.05. The Bertz CT molecular complexity index is 149. The molecule has 3 heteroatoms. The molecule has 0 spiro atoms. The van der Waals surface area contributed by atoms with Crippen LogP contribution < -0.4 is 5.32 Å². The van der Waals surface area contributed by atoms with Gasteiger partial charge in [-0.15, -0.1) is 0 Å². The van der Waals surface area contributed by atoms with Crippen LogP contribution in [0.3, 0.4) is 0 Å². The van der Waals surface area contributed by atoms with Crippen molar-refractivity contribution in [1.29, 1.82) is 0 Å². The summed E-state index contributed by atoms with van der Waals surface area (Å²) in [6, 6.07) is 0.777. The molecule has 2 aliphatic rings. The molecule has 2 atom stereocenters. The zero-order valence-corrected chi connectivity index (χ0v) is 7.92. The van der Waals surface area contributed by atoms with Crippen molar-refractivity contribution in [3.63, 3.8) is 0 Å². The van der Waals surface area contributed by atoms with Crippen LogP contribution in [0.5, 0.6) is 0 Å². The molecule has 0 aliphatic carbocycles. The van der Waals surface area contributed by atoms with Gasteiger partial charge >= 0.3 is 0 Å². The Morgan fingerprint density at radius 3 is 2.17 bits per heavy atom. The summed E-state index contributed by atoms with van der Waals surface area (Å²) in [7, 11) is 0. The second kappa shape index (κ2) is 3.32. The molecule has 0 aromatic heterocycles. The minimum absolute atomic E-state index is 0.411. The molecule has 2 heterocycles. The molecular formula is C9H18N2O. The Morgan fingerprint density at radius 2 is 1.75 bits per heavy atom. The van der Waals surface area contributed by atoms with E-state index in [-0.39, 0.29) is 0 Å². The van der Waals surface area contributed by atoms with Crippen LogP contribution in [0.15, 0.2) is 0 Å². The largest absolute Gasteiger partial charge is 0.373 e. The van der Waals surface area contributed by atoms with Crippen LogP contribution >= 0.6 is 0 Å². The number of nitrogens with zero attached hydrogens (tertiary/aromatic N) is 1. The molecule has 12 heavy (non-hydrogen) atoms. The first kappa shape index (κ1) is 8.48. The molecule has 2 fully saturated rings. The molecule has 1 unspecified atom stereocenters. The van der Waals surface area contributed by atoms with Gasteiger partial charge in [-0.25, -0.2) is 0 Å². The predicted molar refractivity (Wildman–Crippen MR) is 48.2 cm³/mol. The summed E-state index contributed by atoms with van der Waals surface area (Å²) in [6.45, 7) is 8.87. The highest BCUT2D eigenvalue weighted by Crippen LogP contribution is 2.15. The quantitative estimate of drug-likeness (QED) is 0.602. The van der Waals surface area contributed by atoms with Crippen LogP contribution in [0.1, 0.15) is 13.8 Å². The molecule has 0 aromatic rings. The van der Waals surface area contributed by atoms with E-state index in [1.807, 2.05) is 0 Å². The van der Waals surface area contributed by atoms with Crippen molar-refractivity contribution in [3.05, 3.63) is 0 Å². The van der Waals surface area contributed by atoms with Crippen molar-refractivity contribution >= 4 is 0 Å². The van der Waals surface area contributed by atoms with Crippen molar-refractivity contribution in [2.75, 3.05) is 26.2 Å². The first-order valence-electron chi connectivity index (χ1n) is 4.86. The van der Waals surface area contributed by atoms with E-state index in [1.54, 1.807) is 0 Å². The first-order valence-corrected chi connectivity index (χ1v) is 4.86. The normalized spacial score (nSPS) is 39.5. The summed E-state index contributed by atoms with van der Waals surface area (Å²) >= 11 is 0. The van der Waals surface area contributed by atoms with Gasteiger partial charge < -0.3 is 10.1 Å². The topological polar surface area (TPSA) is 24.5 Å². The average Bonchev–Trinajstić information content (AvgIpc) is 1.79. The van der Waals surface area contributed by atoms with E-state index in [2.05, 4.69) is 24.1 Å². The molecule has 0 amide bonds. The van der Waals surface area contributed by atoms with Crippen LogP contribution in [-0.4, -0.2) is 49.3 Å². The van der Waals surface area contributed by atoms with Crippen molar-refractivity contribution < 1.29 is 4.74 Å². The van der Waals surface area contributed by atoms with E-state index in [4.69, 9.17) is 4.74 Å². The maximum Gasteiger partial charge on any atom is 0.0678 e. The lowest BCUT2D eigenvalue weighted by Crippen LogP contribution is -2.61. The van der Waals surface area contributed by atoms with E-state index < -0.39 is 0 Å². The SMILES string of the molecule is CC1CN(C2CNC2)C[C@@H](C)O1. The fourth-order valence-corrected chi connectivity index (χ4v) is 2.05. The molecule has 2 rings (SSSR count). The summed E-state index contributed by atoms with van der Waals surface area (Å²) in [5, 5.41) is 3.31. The molecule has 2 saturated heterocycles. The lowest BCUT2D eigenvalue weighted by atomic mass is 10.1. The van der Waals surface area contributed by atoms with Gasteiger partial charge in [0, 0.05) is 32.2 Å². The molecule has 3 nitrogen and oxygen atoms in total. The van der Waals surface area contributed by atoms with E-state index in [0.717, 1.165) is 19.1 Å². The van der Waals surface area contributed by atoms with Crippen LogP contribution in [0.4, 0.5) is 0 Å². The Balaban J connectivity index is 1.87. The molecule has 0 aromatic carbocycles. The van der Waals surface area contributed by atoms with Crippen molar-refractivity contribution in [1.82, 2.24) is 10.2 Å². The van der Waals surface area contributed by atoms with Crippen molar-refractivity contribution in [2.24, 2.45) is 0 Å². The Hall–Kier alpha value is -0.120. The van der Waals surface area contributed by atoms with E-state index >= 15 is 0 Å². The fraction of sp³-hybridized carbons (Fsp3) is 1.00. The van der Waals surface area contributed by atoms with Gasteiger partial charge in [-0.05, 0) is 13.8 Å². The van der Waals surface area contributed by atoms with Crippen LogP contribution in [-0.2, 0) is 4.74 Å². The first-order chi connectivity index (χ1) is 5.75. The maximum absolute atomic E-state index is 5.67. The van der Waals surface area contributed by atoms with Gasteiger partial charge in [0.25, 0.3) is 0 Å². The lowest BCUT2D eigenvalue weighted by molar-refractivity contribution is -0.0857. The molecular weight excluding hydrogens is 152 g/mol. The summed E-state index contributed by atoms with van der Waals surface area (Å²) in [5.41, 5.74) is 0. The van der Waals surface area contributed by atoms with E-state index in [1.165, 1.54) is 13.1 Å². The van der Waals surface area contributed by atoms with Crippen LogP contribution in [0, 0.1) is 0 Å². The average molecular weight is 170 g/mol. The third kappa shape index (κ3) is 1.63. The smallest absolute Gasteiger partial charge is 0.0678 e. The van der Waals surface area contributed by atoms with E-state index in [9.17, 15) is 0 Å². The number of rotatable bonds is 1. The van der Waals surface area contributed by atoms with E-state index in [0.29, 0.717) is 12.2 Å². The second-order valence-electron chi connectivity index (χ2n) is 4.02. The standard InChI is InChI=1S/C9H18N2O/c1-7-5-11(6-8(2)12-7)9-3-10-4-9/h7-10H,3-6H2,1-2H3/t7-,8?/m1/s1. The molecule has 1 N–H and O–H groups in total. The zero-order valence-electron chi connectivity index (χ0n) is 7.92. The maximum atomic E-state index is 5.67. The van der Waals surface area contributed by atoms with Gasteiger partial charge in [0.15, 0.2) is 0 Å². The summed E-state index contributed by atoms with van der Waals surface area (Å²) in [6.07, 6.45) is 0.823. The number of nitrogens with one attached hydrogen (secondary N) is 1. The highest BCUT2D eigenvalue weighted by Gasteiger charge is 2.30. The minimum atomic E-state index is 0.411. The Kier molecular flexibility index (Phi) is 2.35. The monoisotopic (exact) mass is 170 g/mol. The minimum Gasteiger partial charge on any atom is -0.373 e. The number of hydrogen-bond donors (Lipinski definition) is 1. The van der Waals surface area contributed by atoms with Gasteiger partial charge in [-0.3, -0.25) is 4.90 Å². The van der Waals surface area contributed by atoms with Crippen molar-refractivity contribution in [3.8, 4) is 0 Å². The molecule has 0 saturated carbocycles. The van der Waals surface area contributed by atoms with Crippen LogP contribution in [0.2, 0.25) is 0 Å². The molecule has 2 aliphatic heterocycles. The number of ether oxygens (including phenoxy) is 1. The van der Waals surface area contributed by atoms with Gasteiger partial charge in [0.05, 0.1) is 12.2 Å². The summed E-state index contributed by atoms with van der Waals surface area (Å²) in [5.74, 6) is 0. The molecule has 0 radical (unpaired) electrons. The Labute approximate surface area is 74.1 Å².